The quantitative estimate of drug-likeness (QED) is 0.515. The first-order valence-corrected chi connectivity index (χ1v) is 11.0. The van der Waals surface area contributed by atoms with Crippen molar-refractivity contribution in [3.63, 3.8) is 0 Å². The Bertz CT molecular complexity index is 1080. The van der Waals surface area contributed by atoms with E-state index in [2.05, 4.69) is 19.9 Å². The molecule has 0 bridgehead atoms. The van der Waals surface area contributed by atoms with Crippen LogP contribution in [0.4, 0.5) is 0 Å². The molecule has 2 aromatic heterocycles. The molecule has 1 fully saturated rings. The first-order valence-electron chi connectivity index (χ1n) is 9.44. The molecule has 1 aromatic carbocycles. The molecule has 0 amide bonds. The molecule has 1 saturated carbocycles. The van der Waals surface area contributed by atoms with Crippen molar-refractivity contribution < 1.29 is 0 Å². The molecule has 27 heavy (non-hydrogen) atoms. The summed E-state index contributed by atoms with van der Waals surface area (Å²) in [5.74, 6) is 0.994. The van der Waals surface area contributed by atoms with Gasteiger partial charge in [0.2, 0.25) is 0 Å². The molecule has 1 unspecified atom stereocenters. The highest BCUT2D eigenvalue weighted by Gasteiger charge is 2.31. The molecule has 2 heterocycles. The fourth-order valence-corrected chi connectivity index (χ4v) is 4.37. The minimum absolute atomic E-state index is 0.0518. The van der Waals surface area contributed by atoms with Crippen molar-refractivity contribution in [3.8, 4) is 11.4 Å². The number of thioether (sulfide) groups is 1. The fourth-order valence-electron chi connectivity index (χ4n) is 3.60. The summed E-state index contributed by atoms with van der Waals surface area (Å²) in [6, 6.07) is 8.29. The number of nitrogens with zero attached hydrogens (tertiary/aromatic N) is 3. The van der Waals surface area contributed by atoms with E-state index in [0.29, 0.717) is 22.3 Å². The molecule has 3 aromatic rings. The maximum atomic E-state index is 13.5. The van der Waals surface area contributed by atoms with Gasteiger partial charge in [0.25, 0.3) is 5.56 Å². The van der Waals surface area contributed by atoms with Crippen LogP contribution in [0.1, 0.15) is 56.3 Å². The van der Waals surface area contributed by atoms with Crippen molar-refractivity contribution in [2.45, 2.75) is 56.9 Å². The topological polar surface area (TPSA) is 39.3 Å². The zero-order valence-electron chi connectivity index (χ0n) is 16.1. The second-order valence-electron chi connectivity index (χ2n) is 7.39. The van der Waals surface area contributed by atoms with Crippen LogP contribution in [-0.2, 0) is 0 Å². The van der Waals surface area contributed by atoms with Crippen molar-refractivity contribution >= 4 is 28.9 Å². The summed E-state index contributed by atoms with van der Waals surface area (Å²) in [6.07, 6.45) is 5.05. The van der Waals surface area contributed by atoms with E-state index in [-0.39, 0.29) is 11.6 Å². The number of fused-ring (bicyclic) bond motifs is 1. The summed E-state index contributed by atoms with van der Waals surface area (Å²) in [6.45, 7) is 6.33. The first kappa shape index (κ1) is 18.6. The van der Waals surface area contributed by atoms with Crippen molar-refractivity contribution in [2.24, 2.45) is 0 Å². The van der Waals surface area contributed by atoms with Gasteiger partial charge in [-0.05, 0) is 68.2 Å². The van der Waals surface area contributed by atoms with Gasteiger partial charge in [-0.2, -0.15) is 0 Å². The van der Waals surface area contributed by atoms with Gasteiger partial charge in [-0.1, -0.05) is 25.4 Å². The van der Waals surface area contributed by atoms with E-state index < -0.39 is 0 Å². The number of halogens is 1. The van der Waals surface area contributed by atoms with E-state index in [9.17, 15) is 4.79 Å². The van der Waals surface area contributed by atoms with E-state index in [1.165, 1.54) is 0 Å². The molecule has 142 valence electrons. The Morgan fingerprint density at radius 2 is 2.07 bits per heavy atom. The van der Waals surface area contributed by atoms with Gasteiger partial charge in [-0.25, -0.2) is 4.52 Å². The molecule has 1 atom stereocenters. The number of aryl methyl sites for hydroxylation is 1. The first-order chi connectivity index (χ1) is 13.0. The second-order valence-corrected chi connectivity index (χ2v) is 8.67. The van der Waals surface area contributed by atoms with Gasteiger partial charge >= 0.3 is 0 Å². The van der Waals surface area contributed by atoms with Crippen molar-refractivity contribution in [3.05, 3.63) is 50.9 Å². The van der Waals surface area contributed by atoms with Crippen LogP contribution in [0, 0.1) is 6.92 Å². The van der Waals surface area contributed by atoms with Crippen LogP contribution in [-0.4, -0.2) is 20.4 Å². The van der Waals surface area contributed by atoms with Crippen LogP contribution < -0.4 is 5.56 Å². The predicted molar refractivity (Wildman–Crippen MR) is 113 cm³/mol. The van der Waals surface area contributed by atoms with E-state index in [0.717, 1.165) is 41.0 Å². The van der Waals surface area contributed by atoms with Crippen LogP contribution in [0.3, 0.4) is 0 Å². The van der Waals surface area contributed by atoms with E-state index in [4.69, 9.17) is 16.7 Å². The number of aromatic nitrogens is 3. The van der Waals surface area contributed by atoms with E-state index in [1.807, 2.05) is 40.5 Å². The monoisotopic (exact) mass is 401 g/mol. The molecule has 0 spiro atoms. The van der Waals surface area contributed by atoms with Crippen LogP contribution in [0.25, 0.3) is 16.9 Å². The third kappa shape index (κ3) is 3.11. The lowest BCUT2D eigenvalue weighted by Crippen LogP contribution is -2.26. The third-order valence-electron chi connectivity index (χ3n) is 5.50. The molecule has 4 nitrogen and oxygen atoms in total. The number of rotatable bonds is 5. The highest BCUT2D eigenvalue weighted by atomic mass is 35.5. The van der Waals surface area contributed by atoms with Gasteiger partial charge in [0, 0.05) is 22.2 Å². The predicted octanol–water partition coefficient (Wildman–Crippen LogP) is 5.70. The molecular formula is C21H24ClN3OS. The fraction of sp³-hybridized carbons (Fsp3) is 0.429. The van der Waals surface area contributed by atoms with Gasteiger partial charge < -0.3 is 0 Å². The number of benzene rings is 1. The Labute approximate surface area is 168 Å². The van der Waals surface area contributed by atoms with Gasteiger partial charge in [0.1, 0.15) is 5.52 Å². The van der Waals surface area contributed by atoms with Gasteiger partial charge in [-0.15, -0.1) is 16.9 Å². The molecule has 0 saturated heterocycles. The van der Waals surface area contributed by atoms with Gasteiger partial charge in [0.05, 0.1) is 5.02 Å². The molecule has 0 N–H and O–H groups in total. The van der Waals surface area contributed by atoms with Gasteiger partial charge in [0.15, 0.2) is 5.82 Å². The minimum Gasteiger partial charge on any atom is -0.286 e. The zero-order chi connectivity index (χ0) is 19.3. The van der Waals surface area contributed by atoms with Crippen LogP contribution in [0.15, 0.2) is 34.0 Å². The van der Waals surface area contributed by atoms with Crippen molar-refractivity contribution in [1.82, 2.24) is 14.2 Å². The second kappa shape index (κ2) is 7.02. The summed E-state index contributed by atoms with van der Waals surface area (Å²) in [7, 11) is 0. The van der Waals surface area contributed by atoms with Crippen LogP contribution in [0.2, 0.25) is 5.02 Å². The Morgan fingerprint density at radius 1 is 1.33 bits per heavy atom. The lowest BCUT2D eigenvalue weighted by atomic mass is 10.00. The SMILES string of the molecule is CCC(C)c1cc(C)n2nc(-c3ccc(SC)cc3Cl)n(C3CC3)c(=O)c12. The summed E-state index contributed by atoms with van der Waals surface area (Å²) < 4.78 is 3.69. The van der Waals surface area contributed by atoms with E-state index >= 15 is 0 Å². The molecule has 0 radical (unpaired) electrons. The molecule has 4 rings (SSSR count). The highest BCUT2D eigenvalue weighted by molar-refractivity contribution is 7.98. The van der Waals surface area contributed by atoms with Crippen LogP contribution >= 0.6 is 23.4 Å². The maximum Gasteiger partial charge on any atom is 0.278 e. The molecule has 0 aliphatic heterocycles. The lowest BCUT2D eigenvalue weighted by Gasteiger charge is -2.15. The number of hydrogen-bond donors (Lipinski definition) is 0. The normalized spacial score (nSPS) is 15.4. The summed E-state index contributed by atoms with van der Waals surface area (Å²) in [4.78, 5) is 14.6. The maximum absolute atomic E-state index is 13.5. The van der Waals surface area contributed by atoms with Crippen molar-refractivity contribution in [2.75, 3.05) is 6.26 Å². The average Bonchev–Trinajstić information content (AvgIpc) is 3.44. The smallest absolute Gasteiger partial charge is 0.278 e. The highest BCUT2D eigenvalue weighted by Crippen LogP contribution is 2.39. The van der Waals surface area contributed by atoms with Crippen LogP contribution in [0.5, 0.6) is 0 Å². The van der Waals surface area contributed by atoms with Crippen molar-refractivity contribution in [1.29, 1.82) is 0 Å². The molecule has 1 aliphatic carbocycles. The summed E-state index contributed by atoms with van der Waals surface area (Å²) in [5.41, 5.74) is 3.67. The zero-order valence-corrected chi connectivity index (χ0v) is 17.7. The Kier molecular flexibility index (Phi) is 4.85. The third-order valence-corrected chi connectivity index (χ3v) is 6.54. The standard InChI is InChI=1S/C21H24ClN3OS/c1-5-12(2)17-10-13(3)25-19(17)21(26)24(14-6-7-14)20(23-25)16-9-8-15(27-4)11-18(16)22/h8-12,14H,5-7H2,1-4H3. The average molecular weight is 402 g/mol. The Hall–Kier alpha value is -1.72. The molecular weight excluding hydrogens is 378 g/mol. The Balaban J connectivity index is 2.03. The Morgan fingerprint density at radius 3 is 2.67 bits per heavy atom. The minimum atomic E-state index is 0.0518. The van der Waals surface area contributed by atoms with Gasteiger partial charge in [-0.3, -0.25) is 9.36 Å². The largest absolute Gasteiger partial charge is 0.286 e. The summed E-state index contributed by atoms with van der Waals surface area (Å²) in [5, 5.41) is 5.54. The number of hydrogen-bond acceptors (Lipinski definition) is 3. The molecule has 1 aliphatic rings. The van der Waals surface area contributed by atoms with E-state index in [1.54, 1.807) is 11.8 Å². The summed E-state index contributed by atoms with van der Waals surface area (Å²) >= 11 is 8.23. The lowest BCUT2D eigenvalue weighted by molar-refractivity contribution is 0.668. The molecule has 6 heteroatoms.